The molecule has 2 aromatic carbocycles. The number of benzene rings is 2. The molecule has 0 amide bonds. The molecule has 2 heteroatoms. The van der Waals surface area contributed by atoms with Crippen LogP contribution in [0.25, 0.3) is 0 Å². The van der Waals surface area contributed by atoms with Crippen molar-refractivity contribution >= 4 is 8.58 Å². The molecular weight excluding hydrogens is 273 g/mol. The van der Waals surface area contributed by atoms with Gasteiger partial charge in [0.1, 0.15) is 0 Å². The molecule has 0 saturated heterocycles. The van der Waals surface area contributed by atoms with Gasteiger partial charge in [-0.1, -0.05) is 54.6 Å². The summed E-state index contributed by atoms with van der Waals surface area (Å²) in [6.07, 6.45) is 7.10. The van der Waals surface area contributed by atoms with Crippen molar-refractivity contribution in [3.05, 3.63) is 71.3 Å². The lowest BCUT2D eigenvalue weighted by molar-refractivity contribution is 0.674. The monoisotopic (exact) mass is 295 g/mol. The number of nitrogens with one attached hydrogen (secondary N) is 1. The number of aryl methyl sites for hydroxylation is 1. The Morgan fingerprint density at radius 3 is 2.57 bits per heavy atom. The first-order chi connectivity index (χ1) is 10.3. The molecule has 108 valence electrons. The summed E-state index contributed by atoms with van der Waals surface area (Å²) in [6, 6.07) is 19.3. The predicted molar refractivity (Wildman–Crippen MR) is 93.9 cm³/mol. The minimum Gasteiger partial charge on any atom is -0.303 e. The molecule has 0 aliphatic rings. The van der Waals surface area contributed by atoms with E-state index in [9.17, 15) is 0 Å². The maximum Gasteiger partial charge on any atom is 0.0492 e. The summed E-state index contributed by atoms with van der Waals surface area (Å²) in [4.78, 5) is 0. The van der Waals surface area contributed by atoms with Gasteiger partial charge >= 0.3 is 0 Å². The van der Waals surface area contributed by atoms with Crippen LogP contribution in [0.2, 0.25) is 0 Å². The number of terminal acetylenes is 1. The highest BCUT2D eigenvalue weighted by atomic mass is 31.1. The van der Waals surface area contributed by atoms with Crippen LogP contribution in [0.15, 0.2) is 54.6 Å². The first-order valence-corrected chi connectivity index (χ1v) is 8.88. The van der Waals surface area contributed by atoms with Crippen LogP contribution in [-0.4, -0.2) is 6.66 Å². The van der Waals surface area contributed by atoms with E-state index in [1.54, 1.807) is 0 Å². The lowest BCUT2D eigenvalue weighted by atomic mass is 10.1. The summed E-state index contributed by atoms with van der Waals surface area (Å²) in [5.41, 5.74) is 4.01. The summed E-state index contributed by atoms with van der Waals surface area (Å²) in [6.45, 7) is 3.14. The minimum atomic E-state index is 0.431. The average Bonchev–Trinajstić information content (AvgIpc) is 2.55. The molecule has 0 saturated carbocycles. The molecule has 21 heavy (non-hydrogen) atoms. The van der Waals surface area contributed by atoms with Gasteiger partial charge in [0.25, 0.3) is 0 Å². The predicted octanol–water partition coefficient (Wildman–Crippen LogP) is 4.35. The molecule has 0 radical (unpaired) electrons. The lowest BCUT2D eigenvalue weighted by Gasteiger charge is -2.17. The molecule has 0 fully saturated rings. The summed E-state index contributed by atoms with van der Waals surface area (Å²) in [5, 5.41) is 3.66. The van der Waals surface area contributed by atoms with Gasteiger partial charge < -0.3 is 5.32 Å². The lowest BCUT2D eigenvalue weighted by Crippen LogP contribution is -2.17. The Kier molecular flexibility index (Phi) is 6.48. The molecule has 0 bridgehead atoms. The first kappa shape index (κ1) is 15.8. The van der Waals surface area contributed by atoms with Crippen LogP contribution in [-0.2, 0) is 13.0 Å². The van der Waals surface area contributed by atoms with E-state index in [1.165, 1.54) is 16.7 Å². The van der Waals surface area contributed by atoms with E-state index in [0.29, 0.717) is 5.78 Å². The summed E-state index contributed by atoms with van der Waals surface area (Å²) in [7, 11) is 0.838. The number of rotatable bonds is 7. The Labute approximate surface area is 130 Å². The van der Waals surface area contributed by atoms with Crippen molar-refractivity contribution in [1.29, 1.82) is 0 Å². The second-order valence-corrected chi connectivity index (χ2v) is 6.19. The molecule has 2 rings (SSSR count). The summed E-state index contributed by atoms with van der Waals surface area (Å²) < 4.78 is 0. The maximum absolute atomic E-state index is 5.33. The van der Waals surface area contributed by atoms with Gasteiger partial charge in [-0.25, -0.2) is 0 Å². The van der Waals surface area contributed by atoms with Crippen LogP contribution in [0.3, 0.4) is 0 Å². The Bertz CT molecular complexity index is 586. The zero-order chi connectivity index (χ0) is 14.9. The van der Waals surface area contributed by atoms with Gasteiger partial charge in [-0.05, 0) is 29.8 Å². The average molecular weight is 295 g/mol. The maximum atomic E-state index is 5.33. The van der Waals surface area contributed by atoms with Crippen molar-refractivity contribution in [2.75, 3.05) is 6.66 Å². The van der Waals surface area contributed by atoms with Crippen molar-refractivity contribution in [3.8, 4) is 12.3 Å². The normalized spacial score (nSPS) is 12.4. The third-order valence-electron chi connectivity index (χ3n) is 3.48. The zero-order valence-corrected chi connectivity index (χ0v) is 13.5. The van der Waals surface area contributed by atoms with E-state index < -0.39 is 0 Å². The Morgan fingerprint density at radius 1 is 1.10 bits per heavy atom. The highest BCUT2D eigenvalue weighted by Gasteiger charge is 2.07. The largest absolute Gasteiger partial charge is 0.303 e. The fourth-order valence-corrected chi connectivity index (χ4v) is 3.20. The third kappa shape index (κ3) is 5.01. The molecule has 0 aliphatic carbocycles. The third-order valence-corrected chi connectivity index (χ3v) is 4.60. The van der Waals surface area contributed by atoms with E-state index in [1.807, 2.05) is 0 Å². The highest BCUT2D eigenvalue weighted by molar-refractivity contribution is 7.37. The van der Waals surface area contributed by atoms with E-state index >= 15 is 0 Å². The fraction of sp³-hybridized carbons (Fsp3) is 0.263. The first-order valence-electron chi connectivity index (χ1n) is 7.30. The van der Waals surface area contributed by atoms with Gasteiger partial charge in [-0.3, -0.25) is 0 Å². The van der Waals surface area contributed by atoms with Gasteiger partial charge in [0, 0.05) is 18.7 Å². The smallest absolute Gasteiger partial charge is 0.0492 e. The van der Waals surface area contributed by atoms with E-state index in [4.69, 9.17) is 6.42 Å². The molecule has 1 N–H and O–H groups in total. The van der Waals surface area contributed by atoms with Crippen molar-refractivity contribution in [3.63, 3.8) is 0 Å². The van der Waals surface area contributed by atoms with E-state index in [0.717, 1.165) is 28.0 Å². The molecule has 1 nitrogen and oxygen atoms in total. The van der Waals surface area contributed by atoms with Crippen LogP contribution < -0.4 is 5.32 Å². The second-order valence-electron chi connectivity index (χ2n) is 5.04. The van der Waals surface area contributed by atoms with Gasteiger partial charge in [0.2, 0.25) is 0 Å². The summed E-state index contributed by atoms with van der Waals surface area (Å²) in [5.74, 6) is 3.13. The van der Waals surface area contributed by atoms with Crippen molar-refractivity contribution in [2.45, 2.75) is 25.2 Å². The standard InChI is InChI=1S/C19H22NP/c1-3-4-9-16-10-8-11-17(14-16)15-20-19(21-2)18-12-6-5-7-13-18/h1,5-8,10-14,19-21H,4,9,15H2,2H3. The van der Waals surface area contributed by atoms with Gasteiger partial charge in [-0.2, -0.15) is 0 Å². The van der Waals surface area contributed by atoms with E-state index in [2.05, 4.69) is 72.5 Å². The van der Waals surface area contributed by atoms with Crippen molar-refractivity contribution in [2.24, 2.45) is 0 Å². The number of hydrogen-bond donors (Lipinski definition) is 1. The van der Waals surface area contributed by atoms with Crippen molar-refractivity contribution in [1.82, 2.24) is 5.32 Å². The van der Waals surface area contributed by atoms with Crippen LogP contribution >= 0.6 is 8.58 Å². The molecule has 0 heterocycles. The van der Waals surface area contributed by atoms with Gasteiger partial charge in [0.05, 0.1) is 0 Å². The summed E-state index contributed by atoms with van der Waals surface area (Å²) >= 11 is 0. The van der Waals surface area contributed by atoms with Crippen LogP contribution in [0, 0.1) is 12.3 Å². The number of hydrogen-bond acceptors (Lipinski definition) is 1. The molecule has 2 aromatic rings. The Morgan fingerprint density at radius 2 is 1.86 bits per heavy atom. The van der Waals surface area contributed by atoms with Crippen LogP contribution in [0.4, 0.5) is 0 Å². The molecule has 0 aromatic heterocycles. The van der Waals surface area contributed by atoms with Gasteiger partial charge in [0.15, 0.2) is 0 Å². The quantitative estimate of drug-likeness (QED) is 0.591. The molecule has 0 aliphatic heterocycles. The molecule has 0 spiro atoms. The van der Waals surface area contributed by atoms with Crippen LogP contribution in [0.5, 0.6) is 0 Å². The Balaban J connectivity index is 1.97. The SMILES string of the molecule is C#CCCc1cccc(CNC(PC)c2ccccc2)c1. The highest BCUT2D eigenvalue weighted by Crippen LogP contribution is 2.28. The molecular formula is C19H22NP. The molecule has 2 atom stereocenters. The van der Waals surface area contributed by atoms with E-state index in [-0.39, 0.29) is 0 Å². The second kappa shape index (κ2) is 8.63. The zero-order valence-electron chi connectivity index (χ0n) is 12.5. The van der Waals surface area contributed by atoms with Crippen LogP contribution in [0.1, 0.15) is 28.9 Å². The van der Waals surface area contributed by atoms with Crippen molar-refractivity contribution < 1.29 is 0 Å². The minimum absolute atomic E-state index is 0.431. The molecule has 2 unspecified atom stereocenters. The van der Waals surface area contributed by atoms with Gasteiger partial charge in [-0.15, -0.1) is 20.9 Å². The fourth-order valence-electron chi connectivity index (χ4n) is 2.36. The Hall–Kier alpha value is -1.61. The topological polar surface area (TPSA) is 12.0 Å².